The van der Waals surface area contributed by atoms with Gasteiger partial charge in [-0.05, 0) is 48.4 Å². The van der Waals surface area contributed by atoms with E-state index < -0.39 is 0 Å². The summed E-state index contributed by atoms with van der Waals surface area (Å²) in [7, 11) is 0. The Hall–Kier alpha value is -2.80. The van der Waals surface area contributed by atoms with Crippen LogP contribution in [0.25, 0.3) is 16.9 Å². The van der Waals surface area contributed by atoms with E-state index in [0.717, 1.165) is 60.6 Å². The lowest BCUT2D eigenvalue weighted by molar-refractivity contribution is 0.186. The number of halogens is 2. The van der Waals surface area contributed by atoms with Gasteiger partial charge in [0.05, 0.1) is 16.2 Å². The van der Waals surface area contributed by atoms with Crippen molar-refractivity contribution in [1.29, 1.82) is 0 Å². The molecule has 1 aliphatic heterocycles. The van der Waals surface area contributed by atoms with Crippen molar-refractivity contribution in [2.24, 2.45) is 11.1 Å². The second-order valence-corrected chi connectivity index (χ2v) is 9.83. The molecule has 3 N–H and O–H groups in total. The zero-order valence-electron chi connectivity index (χ0n) is 17.9. The van der Waals surface area contributed by atoms with Gasteiger partial charge in [-0.3, -0.25) is 4.40 Å². The van der Waals surface area contributed by atoms with Crippen molar-refractivity contribution < 1.29 is 5.11 Å². The van der Waals surface area contributed by atoms with Gasteiger partial charge in [0.1, 0.15) is 17.1 Å². The third-order valence-electron chi connectivity index (χ3n) is 7.38. The second-order valence-electron chi connectivity index (χ2n) is 9.04. The first kappa shape index (κ1) is 20.8. The summed E-state index contributed by atoms with van der Waals surface area (Å²) in [4.78, 5) is 11.7. The standard InChI is InChI=1S/C25H23Cl2N5O/c26-17-5-2-4-16(21(17)27)23-30-14-18-24(29-9-12-32(18)23)31-10-7-25(8-11-31)13-15-3-1-6-19(33)20(15)22(25)28/h1-6,9,12,14,22,33H,7-8,10-11,13,28H2. The number of aromatic nitrogens is 3. The van der Waals surface area contributed by atoms with Crippen molar-refractivity contribution in [3.8, 4) is 17.1 Å². The monoisotopic (exact) mass is 479 g/mol. The lowest BCUT2D eigenvalue weighted by Gasteiger charge is -2.42. The molecule has 168 valence electrons. The Morgan fingerprint density at radius 3 is 2.64 bits per heavy atom. The number of phenolic OH excluding ortho intramolecular Hbond substituents is 1. The zero-order chi connectivity index (χ0) is 22.7. The Morgan fingerprint density at radius 1 is 1.06 bits per heavy atom. The van der Waals surface area contributed by atoms with E-state index in [1.807, 2.05) is 35.0 Å². The van der Waals surface area contributed by atoms with Crippen LogP contribution in [0.2, 0.25) is 10.0 Å². The van der Waals surface area contributed by atoms with Crippen molar-refractivity contribution >= 4 is 34.5 Å². The zero-order valence-corrected chi connectivity index (χ0v) is 19.4. The predicted molar refractivity (Wildman–Crippen MR) is 131 cm³/mol. The highest BCUT2D eigenvalue weighted by atomic mass is 35.5. The van der Waals surface area contributed by atoms with Crippen LogP contribution in [0.5, 0.6) is 5.75 Å². The van der Waals surface area contributed by atoms with E-state index in [1.165, 1.54) is 5.56 Å². The molecule has 2 aliphatic rings. The van der Waals surface area contributed by atoms with E-state index in [-0.39, 0.29) is 11.5 Å². The molecular formula is C25H23Cl2N5O. The number of piperidine rings is 1. The van der Waals surface area contributed by atoms with E-state index in [4.69, 9.17) is 33.9 Å². The van der Waals surface area contributed by atoms with Crippen molar-refractivity contribution in [3.05, 3.63) is 76.2 Å². The highest BCUT2D eigenvalue weighted by molar-refractivity contribution is 6.43. The van der Waals surface area contributed by atoms with Gasteiger partial charge < -0.3 is 15.7 Å². The van der Waals surface area contributed by atoms with Gasteiger partial charge in [-0.25, -0.2) is 9.97 Å². The Labute approximate surface area is 201 Å². The van der Waals surface area contributed by atoms with E-state index in [2.05, 4.69) is 16.0 Å². The molecule has 4 aromatic rings. The van der Waals surface area contributed by atoms with Crippen LogP contribution < -0.4 is 10.6 Å². The van der Waals surface area contributed by atoms with Gasteiger partial charge >= 0.3 is 0 Å². The molecule has 1 atom stereocenters. The van der Waals surface area contributed by atoms with Gasteiger partial charge in [0, 0.05) is 42.7 Å². The fourth-order valence-electron chi connectivity index (χ4n) is 5.59. The number of benzene rings is 2. The van der Waals surface area contributed by atoms with Crippen LogP contribution in [0.4, 0.5) is 5.82 Å². The molecule has 1 fully saturated rings. The van der Waals surface area contributed by atoms with Gasteiger partial charge in [0.15, 0.2) is 5.82 Å². The second kappa shape index (κ2) is 7.62. The molecular weight excluding hydrogens is 457 g/mol. The van der Waals surface area contributed by atoms with Gasteiger partial charge in [-0.15, -0.1) is 0 Å². The molecule has 2 aromatic carbocycles. The van der Waals surface area contributed by atoms with Crippen LogP contribution in [0.1, 0.15) is 30.0 Å². The predicted octanol–water partition coefficient (Wildman–Crippen LogP) is 5.25. The van der Waals surface area contributed by atoms with Gasteiger partial charge in [0.25, 0.3) is 0 Å². The van der Waals surface area contributed by atoms with Gasteiger partial charge in [-0.1, -0.05) is 41.4 Å². The minimum Gasteiger partial charge on any atom is -0.508 e. The fraction of sp³-hybridized carbons (Fsp3) is 0.280. The van der Waals surface area contributed by atoms with Crippen LogP contribution in [-0.2, 0) is 6.42 Å². The van der Waals surface area contributed by atoms with Crippen molar-refractivity contribution in [2.75, 3.05) is 18.0 Å². The van der Waals surface area contributed by atoms with Crippen molar-refractivity contribution in [3.63, 3.8) is 0 Å². The van der Waals surface area contributed by atoms with Crippen molar-refractivity contribution in [1.82, 2.24) is 14.4 Å². The maximum absolute atomic E-state index is 10.4. The molecule has 6 rings (SSSR count). The van der Waals surface area contributed by atoms with Crippen LogP contribution >= 0.6 is 23.2 Å². The molecule has 3 heterocycles. The summed E-state index contributed by atoms with van der Waals surface area (Å²) in [5.41, 5.74) is 10.5. The number of nitrogens with two attached hydrogens (primary N) is 1. The SMILES string of the molecule is NC1c2c(O)cccc2CC12CCN(c1nccn3c(-c4cccc(Cl)c4Cl)ncc13)CC2. The fourth-order valence-corrected chi connectivity index (χ4v) is 5.98. The highest BCUT2D eigenvalue weighted by Crippen LogP contribution is 2.53. The van der Waals surface area contributed by atoms with E-state index in [1.54, 1.807) is 18.3 Å². The Bertz CT molecular complexity index is 1380. The molecule has 1 spiro atoms. The van der Waals surface area contributed by atoms with Crippen molar-refractivity contribution in [2.45, 2.75) is 25.3 Å². The molecule has 33 heavy (non-hydrogen) atoms. The number of aromatic hydroxyl groups is 1. The van der Waals surface area contributed by atoms with Crippen LogP contribution in [0.15, 0.2) is 55.0 Å². The summed E-state index contributed by atoms with van der Waals surface area (Å²) in [6.45, 7) is 1.68. The highest BCUT2D eigenvalue weighted by Gasteiger charge is 2.47. The minimum absolute atomic E-state index is 0.0253. The number of phenols is 1. The van der Waals surface area contributed by atoms with Gasteiger partial charge in [-0.2, -0.15) is 0 Å². The number of imidazole rings is 1. The Balaban J connectivity index is 1.30. The minimum atomic E-state index is -0.147. The maximum atomic E-state index is 10.4. The number of anilines is 1. The average molecular weight is 480 g/mol. The topological polar surface area (TPSA) is 79.7 Å². The average Bonchev–Trinajstić information content (AvgIpc) is 3.36. The van der Waals surface area contributed by atoms with E-state index >= 15 is 0 Å². The first-order chi connectivity index (χ1) is 16.0. The first-order valence-electron chi connectivity index (χ1n) is 11.1. The van der Waals surface area contributed by atoms with Crippen LogP contribution in [0.3, 0.4) is 0 Å². The summed E-state index contributed by atoms with van der Waals surface area (Å²) in [5, 5.41) is 11.4. The molecule has 0 saturated carbocycles. The van der Waals surface area contributed by atoms with Gasteiger partial charge in [0.2, 0.25) is 0 Å². The third kappa shape index (κ3) is 3.12. The number of rotatable bonds is 2. The summed E-state index contributed by atoms with van der Waals surface area (Å²) in [5.74, 6) is 1.95. The largest absolute Gasteiger partial charge is 0.508 e. The number of fused-ring (bicyclic) bond motifs is 2. The Kier molecular flexibility index (Phi) is 4.80. The first-order valence-corrected chi connectivity index (χ1v) is 11.8. The molecule has 8 heteroatoms. The Morgan fingerprint density at radius 2 is 1.85 bits per heavy atom. The van der Waals surface area contributed by atoms with E-state index in [9.17, 15) is 5.11 Å². The molecule has 6 nitrogen and oxygen atoms in total. The molecule has 1 aliphatic carbocycles. The summed E-state index contributed by atoms with van der Waals surface area (Å²) in [6.07, 6.45) is 8.32. The molecule has 2 aromatic heterocycles. The summed E-state index contributed by atoms with van der Waals surface area (Å²) < 4.78 is 2.01. The molecule has 1 saturated heterocycles. The lowest BCUT2D eigenvalue weighted by atomic mass is 9.73. The molecule has 0 amide bonds. The number of hydrogen-bond donors (Lipinski definition) is 2. The summed E-state index contributed by atoms with van der Waals surface area (Å²) >= 11 is 12.7. The molecule has 1 unspecified atom stereocenters. The summed E-state index contributed by atoms with van der Waals surface area (Å²) in [6, 6.07) is 11.1. The lowest BCUT2D eigenvalue weighted by Crippen LogP contribution is -2.44. The smallest absolute Gasteiger partial charge is 0.154 e. The third-order valence-corrected chi connectivity index (χ3v) is 8.20. The van der Waals surface area contributed by atoms with Crippen LogP contribution in [0, 0.1) is 5.41 Å². The molecule has 0 bridgehead atoms. The maximum Gasteiger partial charge on any atom is 0.154 e. The van der Waals surface area contributed by atoms with E-state index in [0.29, 0.717) is 15.8 Å². The van der Waals surface area contributed by atoms with Crippen LogP contribution in [-0.4, -0.2) is 32.6 Å². The number of nitrogens with zero attached hydrogens (tertiary/aromatic N) is 4. The molecule has 0 radical (unpaired) electrons. The normalized spacial score (nSPS) is 19.4. The number of hydrogen-bond acceptors (Lipinski definition) is 5. The quantitative estimate of drug-likeness (QED) is 0.410.